The van der Waals surface area contributed by atoms with Crippen LogP contribution in [0.2, 0.25) is 0 Å². The molecule has 0 saturated heterocycles. The number of hydrogen-bond acceptors (Lipinski definition) is 3. The number of nitrogens with one attached hydrogen (secondary N) is 1. The van der Waals surface area contributed by atoms with Crippen molar-refractivity contribution in [1.29, 1.82) is 0 Å². The van der Waals surface area contributed by atoms with Crippen LogP contribution in [-0.4, -0.2) is 28.6 Å². The standard InChI is InChI=1S/C20H21Cl2FN2O2/c21-18(22)19(27)25-16(11-23)17(26)13-6-4-12(5-7-13)14-2-1-3-15(10-14)20(24)8-9-20/h1-7,10,16-18,26H,8-9,11,24H2,(H,25,27). The van der Waals surface area contributed by atoms with E-state index < -0.39 is 29.6 Å². The van der Waals surface area contributed by atoms with Gasteiger partial charge in [-0.05, 0) is 41.2 Å². The molecule has 2 unspecified atom stereocenters. The van der Waals surface area contributed by atoms with Crippen LogP contribution in [-0.2, 0) is 10.3 Å². The SMILES string of the molecule is NC1(c2cccc(-c3ccc(C(O)C(CF)NC(=O)C(Cl)Cl)cc3)c2)CC1. The van der Waals surface area contributed by atoms with Crippen LogP contribution in [0.3, 0.4) is 0 Å². The van der Waals surface area contributed by atoms with E-state index in [1.165, 1.54) is 0 Å². The van der Waals surface area contributed by atoms with Gasteiger partial charge in [0.25, 0.3) is 5.91 Å². The number of aliphatic hydroxyl groups excluding tert-OH is 1. The predicted molar refractivity (Wildman–Crippen MR) is 105 cm³/mol. The van der Waals surface area contributed by atoms with Crippen molar-refractivity contribution in [2.24, 2.45) is 5.73 Å². The van der Waals surface area contributed by atoms with Crippen molar-refractivity contribution >= 4 is 29.1 Å². The molecule has 27 heavy (non-hydrogen) atoms. The van der Waals surface area contributed by atoms with E-state index in [9.17, 15) is 14.3 Å². The van der Waals surface area contributed by atoms with E-state index in [1.807, 2.05) is 30.3 Å². The van der Waals surface area contributed by atoms with Crippen LogP contribution < -0.4 is 11.1 Å². The molecule has 1 fully saturated rings. The largest absolute Gasteiger partial charge is 0.386 e. The number of amides is 1. The van der Waals surface area contributed by atoms with Gasteiger partial charge in [0, 0.05) is 5.54 Å². The molecule has 144 valence electrons. The van der Waals surface area contributed by atoms with Gasteiger partial charge in [0.2, 0.25) is 0 Å². The molecule has 2 aromatic rings. The van der Waals surface area contributed by atoms with Crippen LogP contribution in [0, 0.1) is 0 Å². The Balaban J connectivity index is 1.75. The van der Waals surface area contributed by atoms with Crippen LogP contribution in [0.15, 0.2) is 48.5 Å². The Bertz CT molecular complexity index is 810. The molecule has 0 aromatic heterocycles. The fraction of sp³-hybridized carbons (Fsp3) is 0.350. The Hall–Kier alpha value is -1.66. The summed E-state index contributed by atoms with van der Waals surface area (Å²) in [6.07, 6.45) is 0.762. The van der Waals surface area contributed by atoms with Crippen LogP contribution in [0.25, 0.3) is 11.1 Å². The molecule has 1 amide bonds. The number of hydrogen-bond donors (Lipinski definition) is 3. The summed E-state index contributed by atoms with van der Waals surface area (Å²) in [6, 6.07) is 14.0. The predicted octanol–water partition coefficient (Wildman–Crippen LogP) is 3.59. The van der Waals surface area contributed by atoms with Gasteiger partial charge >= 0.3 is 0 Å². The van der Waals surface area contributed by atoms with Gasteiger partial charge in [-0.3, -0.25) is 4.79 Å². The Morgan fingerprint density at radius 2 is 1.85 bits per heavy atom. The van der Waals surface area contributed by atoms with E-state index in [-0.39, 0.29) is 5.54 Å². The van der Waals surface area contributed by atoms with Crippen molar-refractivity contribution < 1.29 is 14.3 Å². The maximum Gasteiger partial charge on any atom is 0.253 e. The summed E-state index contributed by atoms with van der Waals surface area (Å²) in [6.45, 7) is -0.949. The first-order chi connectivity index (χ1) is 12.8. The fourth-order valence-electron chi connectivity index (χ4n) is 2.98. The summed E-state index contributed by atoms with van der Waals surface area (Å²) in [4.78, 5) is 10.2. The van der Waals surface area contributed by atoms with E-state index >= 15 is 0 Å². The number of carbonyl (C=O) groups excluding carboxylic acids is 1. The zero-order valence-electron chi connectivity index (χ0n) is 14.5. The number of halogens is 3. The molecule has 7 heteroatoms. The highest BCUT2D eigenvalue weighted by atomic mass is 35.5. The summed E-state index contributed by atoms with van der Waals surface area (Å²) >= 11 is 10.9. The average Bonchev–Trinajstić information content (AvgIpc) is 3.44. The molecule has 2 atom stereocenters. The van der Waals surface area contributed by atoms with E-state index in [2.05, 4.69) is 11.4 Å². The Morgan fingerprint density at radius 3 is 2.41 bits per heavy atom. The number of carbonyl (C=O) groups is 1. The summed E-state index contributed by atoms with van der Waals surface area (Å²) in [5, 5.41) is 12.7. The molecule has 0 radical (unpaired) electrons. The third-order valence-electron chi connectivity index (χ3n) is 4.88. The Labute approximate surface area is 167 Å². The normalized spacial score (nSPS) is 17.4. The minimum atomic E-state index is -1.32. The quantitative estimate of drug-likeness (QED) is 0.610. The Morgan fingerprint density at radius 1 is 1.19 bits per heavy atom. The van der Waals surface area contributed by atoms with Crippen molar-refractivity contribution in [3.63, 3.8) is 0 Å². The monoisotopic (exact) mass is 410 g/mol. The lowest BCUT2D eigenvalue weighted by atomic mass is 9.96. The first-order valence-electron chi connectivity index (χ1n) is 8.66. The second-order valence-electron chi connectivity index (χ2n) is 6.87. The molecule has 4 nitrogen and oxygen atoms in total. The lowest BCUT2D eigenvalue weighted by Crippen LogP contribution is -2.43. The second kappa shape index (κ2) is 8.15. The maximum absolute atomic E-state index is 13.3. The molecular formula is C20H21Cl2FN2O2. The van der Waals surface area contributed by atoms with Gasteiger partial charge in [-0.1, -0.05) is 65.7 Å². The molecule has 1 saturated carbocycles. The summed E-state index contributed by atoms with van der Waals surface area (Å²) < 4.78 is 13.3. The zero-order valence-corrected chi connectivity index (χ0v) is 16.1. The minimum absolute atomic E-state index is 0.207. The number of nitrogens with two attached hydrogens (primary N) is 1. The molecule has 0 heterocycles. The van der Waals surface area contributed by atoms with Crippen molar-refractivity contribution in [1.82, 2.24) is 5.32 Å². The second-order valence-corrected chi connectivity index (χ2v) is 7.97. The van der Waals surface area contributed by atoms with Crippen molar-refractivity contribution in [3.8, 4) is 11.1 Å². The third kappa shape index (κ3) is 4.61. The Kier molecular flexibility index (Phi) is 6.06. The zero-order chi connectivity index (χ0) is 19.6. The summed E-state index contributed by atoms with van der Waals surface area (Å²) in [5.74, 6) is -0.746. The van der Waals surface area contributed by atoms with Crippen LogP contribution in [0.1, 0.15) is 30.1 Å². The molecule has 4 N–H and O–H groups in total. The van der Waals surface area contributed by atoms with Crippen LogP contribution >= 0.6 is 23.2 Å². The van der Waals surface area contributed by atoms with Crippen LogP contribution in [0.4, 0.5) is 4.39 Å². The van der Waals surface area contributed by atoms with Gasteiger partial charge in [0.05, 0.1) is 6.04 Å². The number of benzene rings is 2. The van der Waals surface area contributed by atoms with Gasteiger partial charge < -0.3 is 16.2 Å². The molecule has 2 aromatic carbocycles. The highest BCUT2D eigenvalue weighted by Gasteiger charge is 2.39. The van der Waals surface area contributed by atoms with Crippen molar-refractivity contribution in [3.05, 3.63) is 59.7 Å². The van der Waals surface area contributed by atoms with E-state index in [0.717, 1.165) is 29.5 Å². The first kappa shape index (κ1) is 20.1. The molecule has 0 bridgehead atoms. The highest BCUT2D eigenvalue weighted by molar-refractivity contribution is 6.53. The van der Waals surface area contributed by atoms with Crippen molar-refractivity contribution in [2.75, 3.05) is 6.67 Å². The molecule has 0 spiro atoms. The fourth-order valence-corrected chi connectivity index (χ4v) is 3.11. The smallest absolute Gasteiger partial charge is 0.253 e. The number of aliphatic hydroxyl groups is 1. The minimum Gasteiger partial charge on any atom is -0.386 e. The average molecular weight is 411 g/mol. The summed E-state index contributed by atoms with van der Waals surface area (Å²) in [7, 11) is 0. The van der Waals surface area contributed by atoms with Gasteiger partial charge in [-0.2, -0.15) is 0 Å². The van der Waals surface area contributed by atoms with Gasteiger partial charge in [-0.25, -0.2) is 4.39 Å². The van der Waals surface area contributed by atoms with E-state index in [0.29, 0.717) is 5.56 Å². The van der Waals surface area contributed by atoms with Gasteiger partial charge in [0.15, 0.2) is 4.84 Å². The highest BCUT2D eigenvalue weighted by Crippen LogP contribution is 2.43. The maximum atomic E-state index is 13.3. The van der Waals surface area contributed by atoms with E-state index in [1.54, 1.807) is 12.1 Å². The van der Waals surface area contributed by atoms with Gasteiger partial charge in [0.1, 0.15) is 12.8 Å². The summed E-state index contributed by atoms with van der Waals surface area (Å²) in [5.41, 5.74) is 9.63. The van der Waals surface area contributed by atoms with Gasteiger partial charge in [-0.15, -0.1) is 0 Å². The van der Waals surface area contributed by atoms with Crippen LogP contribution in [0.5, 0.6) is 0 Å². The lowest BCUT2D eigenvalue weighted by Gasteiger charge is -2.22. The number of alkyl halides is 3. The lowest BCUT2D eigenvalue weighted by molar-refractivity contribution is -0.121. The van der Waals surface area contributed by atoms with E-state index in [4.69, 9.17) is 28.9 Å². The molecule has 3 rings (SSSR count). The molecule has 1 aliphatic carbocycles. The topological polar surface area (TPSA) is 75.3 Å². The molecular weight excluding hydrogens is 390 g/mol. The molecule has 0 aliphatic heterocycles. The number of rotatable bonds is 7. The first-order valence-corrected chi connectivity index (χ1v) is 9.54. The molecule has 1 aliphatic rings. The third-order valence-corrected chi connectivity index (χ3v) is 5.28. The van der Waals surface area contributed by atoms with Crippen molar-refractivity contribution in [2.45, 2.75) is 35.4 Å².